The van der Waals surface area contributed by atoms with Crippen LogP contribution in [0.5, 0.6) is 0 Å². The second-order valence-electron chi connectivity index (χ2n) is 10.9. The molecule has 1 amide bonds. The number of carbonyl (C=O) groups excluding carboxylic acids is 1. The van der Waals surface area contributed by atoms with Gasteiger partial charge in [0.1, 0.15) is 22.1 Å². The van der Waals surface area contributed by atoms with Crippen molar-refractivity contribution in [2.75, 3.05) is 23.1 Å². The Kier molecular flexibility index (Phi) is 9.78. The zero-order valence-electron chi connectivity index (χ0n) is 24.5. The van der Waals surface area contributed by atoms with Gasteiger partial charge in [0.25, 0.3) is 10.0 Å². The Morgan fingerprint density at radius 3 is 2.50 bits per heavy atom. The maximum absolute atomic E-state index is 15.9. The lowest BCUT2D eigenvalue weighted by Gasteiger charge is -2.19. The number of benzene rings is 2. The molecule has 0 aliphatic heterocycles. The number of hydrogen-bond donors (Lipinski definition) is 3. The van der Waals surface area contributed by atoms with E-state index < -0.39 is 49.8 Å². The highest BCUT2D eigenvalue weighted by Gasteiger charge is 2.25. The summed E-state index contributed by atoms with van der Waals surface area (Å²) in [5.74, 6) is -2.89. The van der Waals surface area contributed by atoms with Crippen LogP contribution in [-0.4, -0.2) is 48.2 Å². The summed E-state index contributed by atoms with van der Waals surface area (Å²) in [6, 6.07) is 7.61. The van der Waals surface area contributed by atoms with Crippen LogP contribution in [0.25, 0.3) is 21.8 Å². The first-order chi connectivity index (χ1) is 20.6. The summed E-state index contributed by atoms with van der Waals surface area (Å²) in [6.07, 6.45) is 0.955. The number of thiazole rings is 1. The Bertz CT molecular complexity index is 1780. The molecule has 0 unspecified atom stereocenters. The number of ether oxygens (including phenoxy) is 1. The maximum atomic E-state index is 15.9. The predicted octanol–water partition coefficient (Wildman–Crippen LogP) is 6.55. The first kappa shape index (κ1) is 32.7. The van der Waals surface area contributed by atoms with Gasteiger partial charge in [-0.3, -0.25) is 4.72 Å². The topological polar surface area (TPSA) is 135 Å². The van der Waals surface area contributed by atoms with Gasteiger partial charge in [0.05, 0.1) is 27.0 Å². The van der Waals surface area contributed by atoms with Gasteiger partial charge in [-0.1, -0.05) is 19.9 Å². The largest absolute Gasteiger partial charge is 0.444 e. The fraction of sp³-hybridized carbons (Fsp3) is 0.310. The molecule has 44 heavy (non-hydrogen) atoms. The normalized spacial score (nSPS) is 11.8. The molecule has 0 saturated heterocycles. The minimum Gasteiger partial charge on any atom is -0.444 e. The lowest BCUT2D eigenvalue weighted by molar-refractivity contribution is 0.0530. The van der Waals surface area contributed by atoms with E-state index in [-0.39, 0.29) is 36.2 Å². The number of aromatic nitrogens is 3. The van der Waals surface area contributed by atoms with Crippen LogP contribution in [-0.2, 0) is 14.8 Å². The van der Waals surface area contributed by atoms with Gasteiger partial charge in [-0.2, -0.15) is 0 Å². The predicted molar refractivity (Wildman–Crippen MR) is 163 cm³/mol. The van der Waals surface area contributed by atoms with E-state index in [0.29, 0.717) is 27.7 Å². The second kappa shape index (κ2) is 13.2. The van der Waals surface area contributed by atoms with Gasteiger partial charge >= 0.3 is 6.09 Å². The lowest BCUT2D eigenvalue weighted by atomic mass is 10.1. The molecule has 15 heteroatoms. The van der Waals surface area contributed by atoms with E-state index in [1.54, 1.807) is 26.8 Å². The molecular weight excluding hydrogens is 617 g/mol. The molecule has 2 heterocycles. The van der Waals surface area contributed by atoms with E-state index in [4.69, 9.17) is 4.74 Å². The molecule has 0 fully saturated rings. The Balaban J connectivity index is 1.62. The summed E-state index contributed by atoms with van der Waals surface area (Å²) in [6.45, 7) is 9.65. The summed E-state index contributed by atoms with van der Waals surface area (Å²) < 4.78 is 76.8. The van der Waals surface area contributed by atoms with Crippen LogP contribution in [0.4, 0.5) is 29.6 Å². The Hall–Kier alpha value is -4.24. The summed E-state index contributed by atoms with van der Waals surface area (Å²) in [7, 11) is -4.68. The number of sulfonamides is 1. The second-order valence-corrected chi connectivity index (χ2v) is 13.5. The average Bonchev–Trinajstić information content (AvgIpc) is 3.38. The number of hydrogen-bond acceptors (Lipinski definition) is 9. The fourth-order valence-corrected chi connectivity index (χ4v) is 6.04. The molecule has 2 aromatic heterocycles. The molecule has 10 nitrogen and oxygen atoms in total. The van der Waals surface area contributed by atoms with Crippen molar-refractivity contribution in [3.63, 3.8) is 0 Å². The molecule has 0 aliphatic carbocycles. The minimum atomic E-state index is -4.68. The summed E-state index contributed by atoms with van der Waals surface area (Å²) in [4.78, 5) is 24.8. The van der Waals surface area contributed by atoms with E-state index in [2.05, 4.69) is 25.6 Å². The summed E-state index contributed by atoms with van der Waals surface area (Å²) in [5, 5.41) is 6.32. The van der Waals surface area contributed by atoms with Crippen molar-refractivity contribution in [2.24, 2.45) is 0 Å². The Labute approximate surface area is 257 Å². The smallest absolute Gasteiger partial charge is 0.407 e. The van der Waals surface area contributed by atoms with Gasteiger partial charge in [0, 0.05) is 30.8 Å². The van der Waals surface area contributed by atoms with Crippen molar-refractivity contribution in [1.82, 2.24) is 20.3 Å². The minimum absolute atomic E-state index is 0.0217. The highest BCUT2D eigenvalue weighted by Crippen LogP contribution is 2.40. The molecule has 0 radical (unpaired) electrons. The number of nitrogens with zero attached hydrogens (tertiary/aromatic N) is 3. The molecule has 4 aromatic rings. The van der Waals surface area contributed by atoms with Crippen molar-refractivity contribution < 1.29 is 31.1 Å². The first-order valence-corrected chi connectivity index (χ1v) is 15.8. The first-order valence-electron chi connectivity index (χ1n) is 13.5. The third kappa shape index (κ3) is 8.02. The van der Waals surface area contributed by atoms with Crippen molar-refractivity contribution in [2.45, 2.75) is 51.0 Å². The standard InChI is InChI=1S/C29H31F3N6O4S2/c1-16(2)26-37-24(18-7-6-8-20(23(18)32)38-44(40,41)22-15-17(30)9-10-19(22)31)25(43-26)21-11-12-33-27(36-21)34-13-14-35-28(39)42-29(3,4)5/h6-12,15-16,38H,13-14H2,1-5H3,(H,35,39)(H,33,34,36). The van der Waals surface area contributed by atoms with E-state index in [0.717, 1.165) is 6.07 Å². The van der Waals surface area contributed by atoms with Crippen LogP contribution in [0.1, 0.15) is 45.5 Å². The molecule has 0 aliphatic rings. The Morgan fingerprint density at radius 1 is 1.05 bits per heavy atom. The molecule has 4 rings (SSSR count). The maximum Gasteiger partial charge on any atom is 0.407 e. The molecule has 0 spiro atoms. The highest BCUT2D eigenvalue weighted by molar-refractivity contribution is 7.92. The van der Waals surface area contributed by atoms with Crippen molar-refractivity contribution in [3.8, 4) is 21.8 Å². The fourth-order valence-electron chi connectivity index (χ4n) is 3.84. The molecule has 3 N–H and O–H groups in total. The number of alkyl carbamates (subject to hydrolysis) is 1. The van der Waals surface area contributed by atoms with E-state index >= 15 is 4.39 Å². The molecular formula is C29H31F3N6O4S2. The quantitative estimate of drug-likeness (QED) is 0.165. The van der Waals surface area contributed by atoms with Gasteiger partial charge in [0.2, 0.25) is 5.95 Å². The zero-order chi connectivity index (χ0) is 32.2. The number of rotatable bonds is 10. The third-order valence-corrected chi connectivity index (χ3v) is 8.54. The van der Waals surface area contributed by atoms with Gasteiger partial charge in [-0.25, -0.2) is 41.3 Å². The summed E-state index contributed by atoms with van der Waals surface area (Å²) >= 11 is 1.29. The van der Waals surface area contributed by atoms with Crippen molar-refractivity contribution >= 4 is 39.1 Å². The third-order valence-electron chi connectivity index (χ3n) is 5.78. The number of nitrogens with one attached hydrogen (secondary N) is 3. The summed E-state index contributed by atoms with van der Waals surface area (Å²) in [5.41, 5.74) is -0.491. The molecule has 234 valence electrons. The zero-order valence-corrected chi connectivity index (χ0v) is 26.2. The number of anilines is 2. The van der Waals surface area contributed by atoms with Crippen LogP contribution >= 0.6 is 11.3 Å². The van der Waals surface area contributed by atoms with Crippen molar-refractivity contribution in [3.05, 3.63) is 71.1 Å². The van der Waals surface area contributed by atoms with Crippen LogP contribution < -0.4 is 15.4 Å². The van der Waals surface area contributed by atoms with Crippen LogP contribution in [0, 0.1) is 17.5 Å². The highest BCUT2D eigenvalue weighted by atomic mass is 32.2. The van der Waals surface area contributed by atoms with Crippen LogP contribution in [0.3, 0.4) is 0 Å². The Morgan fingerprint density at radius 2 is 1.80 bits per heavy atom. The molecule has 0 bridgehead atoms. The van der Waals surface area contributed by atoms with Crippen LogP contribution in [0.15, 0.2) is 53.6 Å². The number of halogens is 3. The van der Waals surface area contributed by atoms with E-state index in [1.165, 1.54) is 35.7 Å². The SMILES string of the molecule is CC(C)c1nc(-c2cccc(NS(=O)(=O)c3cc(F)ccc3F)c2F)c(-c2ccnc(NCCNC(=O)OC(C)(C)C)n2)s1. The lowest BCUT2D eigenvalue weighted by Crippen LogP contribution is -2.35. The monoisotopic (exact) mass is 648 g/mol. The average molecular weight is 649 g/mol. The molecule has 0 atom stereocenters. The van der Waals surface area contributed by atoms with Crippen molar-refractivity contribution in [1.29, 1.82) is 0 Å². The van der Waals surface area contributed by atoms with Gasteiger partial charge in [0.15, 0.2) is 5.82 Å². The van der Waals surface area contributed by atoms with E-state index in [9.17, 15) is 22.0 Å². The van der Waals surface area contributed by atoms with Gasteiger partial charge in [-0.15, -0.1) is 11.3 Å². The molecule has 2 aromatic carbocycles. The molecule has 0 saturated carbocycles. The number of carbonyl (C=O) groups is 1. The van der Waals surface area contributed by atoms with Gasteiger partial charge in [-0.05, 0) is 57.2 Å². The van der Waals surface area contributed by atoms with Gasteiger partial charge < -0.3 is 15.4 Å². The number of amides is 1. The van der Waals surface area contributed by atoms with E-state index in [1.807, 2.05) is 18.6 Å². The van der Waals surface area contributed by atoms with Crippen LogP contribution in [0.2, 0.25) is 0 Å².